The zero-order valence-electron chi connectivity index (χ0n) is 11.8. The average Bonchev–Trinajstić information content (AvgIpc) is 2.89. The van der Waals surface area contributed by atoms with Crippen molar-refractivity contribution in [2.75, 3.05) is 11.1 Å². The molecule has 1 aliphatic carbocycles. The predicted octanol–water partition coefficient (Wildman–Crippen LogP) is 2.82. The van der Waals surface area contributed by atoms with Crippen LogP contribution in [0, 0.1) is 5.92 Å². The molecule has 1 aromatic carbocycles. The van der Waals surface area contributed by atoms with Crippen molar-refractivity contribution in [1.29, 1.82) is 0 Å². The summed E-state index contributed by atoms with van der Waals surface area (Å²) in [5.41, 5.74) is 6.69. The van der Waals surface area contributed by atoms with Gasteiger partial charge in [-0.2, -0.15) is 9.67 Å². The van der Waals surface area contributed by atoms with Gasteiger partial charge in [-0.1, -0.05) is 37.5 Å². The van der Waals surface area contributed by atoms with Gasteiger partial charge < -0.3 is 11.1 Å². The van der Waals surface area contributed by atoms with Crippen molar-refractivity contribution < 1.29 is 4.79 Å². The predicted molar refractivity (Wildman–Crippen MR) is 81.4 cm³/mol. The van der Waals surface area contributed by atoms with Crippen LogP contribution in [0.15, 0.2) is 30.3 Å². The Morgan fingerprint density at radius 3 is 2.62 bits per heavy atom. The van der Waals surface area contributed by atoms with Gasteiger partial charge >= 0.3 is 0 Å². The van der Waals surface area contributed by atoms with Gasteiger partial charge in [-0.05, 0) is 25.0 Å². The van der Waals surface area contributed by atoms with Crippen LogP contribution in [0.5, 0.6) is 0 Å². The Balaban J connectivity index is 1.76. The van der Waals surface area contributed by atoms with Gasteiger partial charge in [0.2, 0.25) is 11.9 Å². The summed E-state index contributed by atoms with van der Waals surface area (Å²) in [6, 6.07) is 9.56. The van der Waals surface area contributed by atoms with E-state index in [2.05, 4.69) is 15.4 Å². The fourth-order valence-corrected chi connectivity index (χ4v) is 2.71. The van der Waals surface area contributed by atoms with Crippen molar-refractivity contribution in [3.05, 3.63) is 30.3 Å². The first kappa shape index (κ1) is 13.6. The molecule has 0 unspecified atom stereocenters. The molecule has 6 nitrogen and oxygen atoms in total. The van der Waals surface area contributed by atoms with Crippen LogP contribution in [0.4, 0.5) is 17.6 Å². The van der Waals surface area contributed by atoms with Crippen LogP contribution in [0.1, 0.15) is 36.9 Å². The maximum absolute atomic E-state index is 12.4. The number of benzene rings is 1. The summed E-state index contributed by atoms with van der Waals surface area (Å²) in [6.45, 7) is 0. The molecule has 0 spiro atoms. The van der Waals surface area contributed by atoms with Crippen molar-refractivity contribution in [1.82, 2.24) is 14.8 Å². The maximum atomic E-state index is 12.4. The number of carbonyl (C=O) groups is 1. The molecule has 1 heterocycles. The lowest BCUT2D eigenvalue weighted by atomic mass is 9.89. The van der Waals surface area contributed by atoms with Crippen LogP contribution >= 0.6 is 0 Å². The lowest BCUT2D eigenvalue weighted by Crippen LogP contribution is -2.26. The standard InChI is InChI=1S/C15H19N5O/c16-14-18-15(17-12-9-5-2-6-10-12)19-20(14)13(21)11-7-3-1-4-8-11/h2,5-6,9-11H,1,3-4,7-8H2,(H3,16,17,18,19). The summed E-state index contributed by atoms with van der Waals surface area (Å²) < 4.78 is 1.24. The van der Waals surface area contributed by atoms with Gasteiger partial charge in [-0.3, -0.25) is 4.79 Å². The van der Waals surface area contributed by atoms with Crippen molar-refractivity contribution >= 4 is 23.5 Å². The minimum Gasteiger partial charge on any atom is -0.368 e. The molecule has 0 radical (unpaired) electrons. The largest absolute Gasteiger partial charge is 0.368 e. The van der Waals surface area contributed by atoms with E-state index in [1.807, 2.05) is 30.3 Å². The minimum atomic E-state index is -0.0409. The molecule has 0 atom stereocenters. The topological polar surface area (TPSA) is 85.8 Å². The molecule has 110 valence electrons. The number of rotatable bonds is 3. The van der Waals surface area contributed by atoms with Crippen LogP contribution in [0.2, 0.25) is 0 Å². The van der Waals surface area contributed by atoms with Gasteiger partial charge in [-0.25, -0.2) is 0 Å². The average molecular weight is 285 g/mol. The van der Waals surface area contributed by atoms with Gasteiger partial charge in [-0.15, -0.1) is 5.10 Å². The Hall–Kier alpha value is -2.37. The maximum Gasteiger partial charge on any atom is 0.253 e. The molecular formula is C15H19N5O. The van der Waals surface area contributed by atoms with Crippen LogP contribution in [0.3, 0.4) is 0 Å². The van der Waals surface area contributed by atoms with Crippen LogP contribution in [-0.2, 0) is 0 Å². The summed E-state index contributed by atoms with van der Waals surface area (Å²) in [6.07, 6.45) is 5.23. The Kier molecular flexibility index (Phi) is 3.85. The third kappa shape index (κ3) is 3.04. The number of anilines is 3. The molecule has 0 saturated heterocycles. The highest BCUT2D eigenvalue weighted by molar-refractivity contribution is 5.83. The molecular weight excluding hydrogens is 266 g/mol. The number of hydrogen-bond acceptors (Lipinski definition) is 5. The van der Waals surface area contributed by atoms with Crippen LogP contribution in [-0.4, -0.2) is 20.7 Å². The monoisotopic (exact) mass is 285 g/mol. The third-order valence-corrected chi connectivity index (χ3v) is 3.83. The quantitative estimate of drug-likeness (QED) is 0.905. The number of nitrogens with one attached hydrogen (secondary N) is 1. The normalized spacial score (nSPS) is 15.8. The van der Waals surface area contributed by atoms with Crippen molar-refractivity contribution in [2.24, 2.45) is 5.92 Å². The van der Waals surface area contributed by atoms with E-state index >= 15 is 0 Å². The number of carbonyl (C=O) groups excluding carboxylic acids is 1. The molecule has 1 aromatic heterocycles. The molecule has 2 aromatic rings. The second-order valence-electron chi connectivity index (χ2n) is 5.37. The molecule has 1 aliphatic rings. The second-order valence-corrected chi connectivity index (χ2v) is 5.37. The van der Waals surface area contributed by atoms with E-state index in [0.717, 1.165) is 31.4 Å². The molecule has 1 saturated carbocycles. The van der Waals surface area contributed by atoms with E-state index < -0.39 is 0 Å². The van der Waals surface area contributed by atoms with Crippen LogP contribution < -0.4 is 11.1 Å². The molecule has 6 heteroatoms. The lowest BCUT2D eigenvalue weighted by Gasteiger charge is -2.19. The molecule has 21 heavy (non-hydrogen) atoms. The SMILES string of the molecule is Nc1nc(Nc2ccccc2)nn1C(=O)C1CCCCC1. The van der Waals surface area contributed by atoms with Crippen molar-refractivity contribution in [3.63, 3.8) is 0 Å². The van der Waals surface area contributed by atoms with E-state index in [1.165, 1.54) is 11.1 Å². The molecule has 0 amide bonds. The van der Waals surface area contributed by atoms with E-state index in [0.29, 0.717) is 5.95 Å². The van der Waals surface area contributed by atoms with Gasteiger partial charge in [0, 0.05) is 11.6 Å². The summed E-state index contributed by atoms with van der Waals surface area (Å²) in [4.78, 5) is 16.6. The van der Waals surface area contributed by atoms with E-state index in [4.69, 9.17) is 5.73 Å². The Bertz CT molecular complexity index is 616. The highest BCUT2D eigenvalue weighted by Crippen LogP contribution is 2.26. The van der Waals surface area contributed by atoms with Gasteiger partial charge in [0.1, 0.15) is 0 Å². The number of nitrogens with zero attached hydrogens (tertiary/aromatic N) is 3. The zero-order valence-corrected chi connectivity index (χ0v) is 11.8. The first-order valence-corrected chi connectivity index (χ1v) is 7.33. The third-order valence-electron chi connectivity index (χ3n) is 3.83. The van der Waals surface area contributed by atoms with Crippen LogP contribution in [0.25, 0.3) is 0 Å². The Labute approximate surface area is 123 Å². The fourth-order valence-electron chi connectivity index (χ4n) is 2.71. The molecule has 3 N–H and O–H groups in total. The van der Waals surface area contributed by atoms with E-state index in [9.17, 15) is 4.79 Å². The fraction of sp³-hybridized carbons (Fsp3) is 0.400. The van der Waals surface area contributed by atoms with E-state index in [1.54, 1.807) is 0 Å². The number of para-hydroxylation sites is 1. The summed E-state index contributed by atoms with van der Waals surface area (Å²) >= 11 is 0. The minimum absolute atomic E-state index is 0.0207. The molecule has 1 fully saturated rings. The number of nitrogens with two attached hydrogens (primary N) is 1. The summed E-state index contributed by atoms with van der Waals surface area (Å²) in [7, 11) is 0. The first-order valence-electron chi connectivity index (χ1n) is 7.33. The molecule has 0 aliphatic heterocycles. The highest BCUT2D eigenvalue weighted by Gasteiger charge is 2.25. The summed E-state index contributed by atoms with van der Waals surface area (Å²) in [5.74, 6) is 0.472. The molecule has 0 bridgehead atoms. The smallest absolute Gasteiger partial charge is 0.253 e. The Morgan fingerprint density at radius 2 is 1.90 bits per heavy atom. The van der Waals surface area contributed by atoms with Gasteiger partial charge in [0.25, 0.3) is 5.91 Å². The number of aromatic nitrogens is 3. The van der Waals surface area contributed by atoms with E-state index in [-0.39, 0.29) is 17.8 Å². The molecule has 3 rings (SSSR count). The number of hydrogen-bond donors (Lipinski definition) is 2. The highest BCUT2D eigenvalue weighted by atomic mass is 16.2. The van der Waals surface area contributed by atoms with Crippen molar-refractivity contribution in [2.45, 2.75) is 32.1 Å². The number of nitrogen functional groups attached to an aromatic ring is 1. The first-order chi connectivity index (χ1) is 10.2. The van der Waals surface area contributed by atoms with Gasteiger partial charge in [0.05, 0.1) is 0 Å². The Morgan fingerprint density at radius 1 is 1.19 bits per heavy atom. The summed E-state index contributed by atoms with van der Waals surface area (Å²) in [5, 5.41) is 7.25. The lowest BCUT2D eigenvalue weighted by molar-refractivity contribution is 0.0788. The second kappa shape index (κ2) is 5.95. The zero-order chi connectivity index (χ0) is 14.7. The van der Waals surface area contributed by atoms with Crippen molar-refractivity contribution in [3.8, 4) is 0 Å². The van der Waals surface area contributed by atoms with Gasteiger partial charge in [0.15, 0.2) is 0 Å².